The zero-order chi connectivity index (χ0) is 21.5. The van der Waals surface area contributed by atoms with Gasteiger partial charge in [0.2, 0.25) is 11.8 Å². The number of hydrogen-bond acceptors (Lipinski definition) is 4. The minimum atomic E-state index is -0.881. The molecule has 0 aliphatic carbocycles. The number of amides is 2. The number of fused-ring (bicyclic) bond motifs is 1. The lowest BCUT2D eigenvalue weighted by Gasteiger charge is -2.22. The van der Waals surface area contributed by atoms with Crippen molar-refractivity contribution in [3.05, 3.63) is 71.9 Å². The Morgan fingerprint density at radius 2 is 1.63 bits per heavy atom. The van der Waals surface area contributed by atoms with Gasteiger partial charge in [-0.1, -0.05) is 48.5 Å². The molecule has 0 spiro atoms. The second kappa shape index (κ2) is 9.73. The molecule has 0 saturated heterocycles. The van der Waals surface area contributed by atoms with Crippen molar-refractivity contribution < 1.29 is 19.1 Å². The Bertz CT molecular complexity index is 1030. The summed E-state index contributed by atoms with van der Waals surface area (Å²) in [7, 11) is 1.28. The maximum atomic E-state index is 13.0. The van der Waals surface area contributed by atoms with Crippen LogP contribution in [-0.4, -0.2) is 42.0 Å². The highest BCUT2D eigenvalue weighted by molar-refractivity contribution is 5.91. The van der Waals surface area contributed by atoms with Crippen molar-refractivity contribution in [3.63, 3.8) is 0 Å². The van der Waals surface area contributed by atoms with Gasteiger partial charge in [-0.3, -0.25) is 9.59 Å². The van der Waals surface area contributed by atoms with Crippen LogP contribution >= 0.6 is 0 Å². The van der Waals surface area contributed by atoms with Gasteiger partial charge in [0.25, 0.3) is 0 Å². The summed E-state index contributed by atoms with van der Waals surface area (Å²) in [6.45, 7) is 1.36. The van der Waals surface area contributed by atoms with E-state index in [2.05, 4.69) is 15.6 Å². The SMILES string of the molecule is COC(=O)[C@@H](Cc1c[nH]c2ccccc12)NC(=O)[C@@H](Cc1ccccc1)NC(C)=O. The number of H-pyrrole nitrogens is 1. The lowest BCUT2D eigenvalue weighted by atomic mass is 10.0. The van der Waals surface area contributed by atoms with Gasteiger partial charge < -0.3 is 20.4 Å². The van der Waals surface area contributed by atoms with Crippen LogP contribution in [0, 0.1) is 0 Å². The first kappa shape index (κ1) is 21.1. The van der Waals surface area contributed by atoms with Crippen molar-refractivity contribution in [2.75, 3.05) is 7.11 Å². The lowest BCUT2D eigenvalue weighted by molar-refractivity contribution is -0.145. The normalized spacial score (nSPS) is 12.7. The summed E-state index contributed by atoms with van der Waals surface area (Å²) in [4.78, 5) is 40.1. The van der Waals surface area contributed by atoms with Crippen LogP contribution < -0.4 is 10.6 Å². The van der Waals surface area contributed by atoms with Crippen LogP contribution in [0.3, 0.4) is 0 Å². The number of hydrogen-bond donors (Lipinski definition) is 3. The fourth-order valence-corrected chi connectivity index (χ4v) is 3.43. The number of nitrogens with one attached hydrogen (secondary N) is 3. The third kappa shape index (κ3) is 5.26. The van der Waals surface area contributed by atoms with Gasteiger partial charge in [-0.15, -0.1) is 0 Å². The van der Waals surface area contributed by atoms with E-state index in [0.29, 0.717) is 6.42 Å². The van der Waals surface area contributed by atoms with Crippen LogP contribution in [0.5, 0.6) is 0 Å². The molecule has 0 aliphatic rings. The van der Waals surface area contributed by atoms with Crippen LogP contribution in [0.1, 0.15) is 18.1 Å². The summed E-state index contributed by atoms with van der Waals surface area (Å²) >= 11 is 0. The minimum Gasteiger partial charge on any atom is -0.467 e. The predicted molar refractivity (Wildman–Crippen MR) is 114 cm³/mol. The van der Waals surface area contributed by atoms with E-state index in [1.807, 2.05) is 60.8 Å². The van der Waals surface area contributed by atoms with E-state index in [0.717, 1.165) is 22.0 Å². The molecule has 7 nitrogen and oxygen atoms in total. The molecule has 0 unspecified atom stereocenters. The predicted octanol–water partition coefficient (Wildman–Crippen LogP) is 2.12. The van der Waals surface area contributed by atoms with Gasteiger partial charge in [-0.2, -0.15) is 0 Å². The molecule has 0 aliphatic heterocycles. The highest BCUT2D eigenvalue weighted by Gasteiger charge is 2.28. The summed E-state index contributed by atoms with van der Waals surface area (Å²) in [5.41, 5.74) is 2.74. The van der Waals surface area contributed by atoms with Crippen molar-refractivity contribution >= 4 is 28.7 Å². The molecule has 2 amide bonds. The molecule has 0 radical (unpaired) electrons. The van der Waals surface area contributed by atoms with E-state index in [9.17, 15) is 14.4 Å². The molecule has 1 aromatic heterocycles. The van der Waals surface area contributed by atoms with E-state index in [1.54, 1.807) is 0 Å². The van der Waals surface area contributed by atoms with Crippen LogP contribution in [0.2, 0.25) is 0 Å². The van der Waals surface area contributed by atoms with E-state index in [-0.39, 0.29) is 12.3 Å². The number of aromatic nitrogens is 1. The monoisotopic (exact) mass is 407 g/mol. The standard InChI is InChI=1S/C23H25N3O4/c1-15(27)25-20(12-16-8-4-3-5-9-16)22(28)26-21(23(29)30-2)13-17-14-24-19-11-7-6-10-18(17)19/h3-11,14,20-21,24H,12-13H2,1-2H3,(H,25,27)(H,26,28)/t20-,21-/m1/s1. The number of ether oxygens (including phenoxy) is 1. The van der Waals surface area contributed by atoms with Crippen LogP contribution in [-0.2, 0) is 32.0 Å². The molecule has 7 heteroatoms. The van der Waals surface area contributed by atoms with E-state index in [4.69, 9.17) is 4.74 Å². The maximum absolute atomic E-state index is 13.0. The van der Waals surface area contributed by atoms with Crippen molar-refractivity contribution in [3.8, 4) is 0 Å². The zero-order valence-electron chi connectivity index (χ0n) is 17.0. The van der Waals surface area contributed by atoms with Gasteiger partial charge in [0.05, 0.1) is 7.11 Å². The number of carbonyl (C=O) groups is 3. The Labute approximate surface area is 174 Å². The number of carbonyl (C=O) groups excluding carboxylic acids is 3. The molecule has 3 N–H and O–H groups in total. The van der Waals surface area contributed by atoms with Gasteiger partial charge in [0.1, 0.15) is 12.1 Å². The van der Waals surface area contributed by atoms with Gasteiger partial charge in [-0.25, -0.2) is 4.79 Å². The van der Waals surface area contributed by atoms with Crippen LogP contribution in [0.4, 0.5) is 0 Å². The first-order chi connectivity index (χ1) is 14.5. The Balaban J connectivity index is 1.78. The summed E-state index contributed by atoms with van der Waals surface area (Å²) in [5, 5.41) is 6.40. The molecule has 3 rings (SSSR count). The van der Waals surface area contributed by atoms with Crippen molar-refractivity contribution in [2.45, 2.75) is 31.8 Å². The third-order valence-corrected chi connectivity index (χ3v) is 4.88. The van der Waals surface area contributed by atoms with E-state index >= 15 is 0 Å². The van der Waals surface area contributed by atoms with Gasteiger partial charge in [0, 0.05) is 36.9 Å². The molecule has 30 heavy (non-hydrogen) atoms. The smallest absolute Gasteiger partial charge is 0.328 e. The van der Waals surface area contributed by atoms with Crippen molar-refractivity contribution in [2.24, 2.45) is 0 Å². The van der Waals surface area contributed by atoms with Crippen molar-refractivity contribution in [1.29, 1.82) is 0 Å². The first-order valence-corrected chi connectivity index (χ1v) is 9.72. The number of esters is 1. The maximum Gasteiger partial charge on any atom is 0.328 e. The summed E-state index contributed by atoms with van der Waals surface area (Å²) in [5.74, 6) is -1.31. The molecule has 2 atom stereocenters. The topological polar surface area (TPSA) is 100 Å². The Hall–Kier alpha value is -3.61. The number of methoxy groups -OCH3 is 1. The lowest BCUT2D eigenvalue weighted by Crippen LogP contribution is -2.53. The molecule has 3 aromatic rings. The Morgan fingerprint density at radius 1 is 0.933 bits per heavy atom. The second-order valence-electron chi connectivity index (χ2n) is 7.09. The van der Waals surface area contributed by atoms with E-state index < -0.39 is 24.0 Å². The average molecular weight is 407 g/mol. The van der Waals surface area contributed by atoms with Crippen LogP contribution in [0.25, 0.3) is 10.9 Å². The minimum absolute atomic E-state index is 0.264. The van der Waals surface area contributed by atoms with Gasteiger partial charge in [-0.05, 0) is 17.2 Å². The summed E-state index contributed by atoms with van der Waals surface area (Å²) in [6, 6.07) is 15.4. The molecular weight excluding hydrogens is 382 g/mol. The molecule has 156 valence electrons. The third-order valence-electron chi connectivity index (χ3n) is 4.88. The first-order valence-electron chi connectivity index (χ1n) is 9.72. The Kier molecular flexibility index (Phi) is 6.85. The molecule has 0 saturated carbocycles. The average Bonchev–Trinajstić information content (AvgIpc) is 3.15. The highest BCUT2D eigenvalue weighted by atomic mass is 16.5. The molecular formula is C23H25N3O4. The second-order valence-corrected chi connectivity index (χ2v) is 7.09. The zero-order valence-corrected chi connectivity index (χ0v) is 17.0. The molecule has 0 fully saturated rings. The number of benzene rings is 2. The van der Waals surface area contributed by atoms with E-state index in [1.165, 1.54) is 14.0 Å². The number of rotatable bonds is 8. The number of aromatic amines is 1. The molecule has 2 aromatic carbocycles. The fraction of sp³-hybridized carbons (Fsp3) is 0.261. The summed E-state index contributed by atoms with van der Waals surface area (Å²) in [6.07, 6.45) is 2.40. The molecule has 1 heterocycles. The fourth-order valence-electron chi connectivity index (χ4n) is 3.43. The Morgan fingerprint density at radius 3 is 2.33 bits per heavy atom. The van der Waals surface area contributed by atoms with Gasteiger partial charge in [0.15, 0.2) is 0 Å². The number of para-hydroxylation sites is 1. The summed E-state index contributed by atoms with van der Waals surface area (Å²) < 4.78 is 4.90. The van der Waals surface area contributed by atoms with Gasteiger partial charge >= 0.3 is 5.97 Å². The van der Waals surface area contributed by atoms with Crippen molar-refractivity contribution in [1.82, 2.24) is 15.6 Å². The largest absolute Gasteiger partial charge is 0.467 e. The quantitative estimate of drug-likeness (QED) is 0.498. The highest BCUT2D eigenvalue weighted by Crippen LogP contribution is 2.19. The van der Waals surface area contributed by atoms with Crippen LogP contribution in [0.15, 0.2) is 60.8 Å². The molecule has 0 bridgehead atoms.